The number of aryl methyl sites for hydroxylation is 1. The minimum atomic E-state index is -0.252. The lowest BCUT2D eigenvalue weighted by Crippen LogP contribution is -2.14. The summed E-state index contributed by atoms with van der Waals surface area (Å²) in [5.41, 5.74) is 1.75. The van der Waals surface area contributed by atoms with Gasteiger partial charge in [-0.2, -0.15) is 0 Å². The molecule has 0 bridgehead atoms. The number of hydrogen-bond donors (Lipinski definition) is 1. The Balaban J connectivity index is 1.89. The van der Waals surface area contributed by atoms with E-state index in [0.717, 1.165) is 6.54 Å². The van der Waals surface area contributed by atoms with E-state index in [0.29, 0.717) is 12.2 Å². The normalized spacial score (nSPS) is 10.6. The number of halogens is 1. The molecule has 84 valence electrons. The van der Waals surface area contributed by atoms with Crippen LogP contribution in [-0.4, -0.2) is 4.98 Å². The molecular formula is C12H13FN2S. The third-order valence-corrected chi connectivity index (χ3v) is 3.40. The van der Waals surface area contributed by atoms with Gasteiger partial charge in [0.05, 0.1) is 5.69 Å². The van der Waals surface area contributed by atoms with Gasteiger partial charge in [-0.3, -0.25) is 4.98 Å². The highest BCUT2D eigenvalue weighted by molar-refractivity contribution is 7.10. The molecule has 0 aromatic carbocycles. The van der Waals surface area contributed by atoms with Gasteiger partial charge in [-0.25, -0.2) is 4.39 Å². The number of thiophene rings is 1. The molecule has 0 aliphatic carbocycles. The van der Waals surface area contributed by atoms with Gasteiger partial charge in [-0.05, 0) is 36.1 Å². The first-order valence-corrected chi connectivity index (χ1v) is 5.98. The lowest BCUT2D eigenvalue weighted by atomic mass is 10.3. The summed E-state index contributed by atoms with van der Waals surface area (Å²) in [6.07, 6.45) is 1.61. The van der Waals surface area contributed by atoms with Crippen LogP contribution in [0.1, 0.15) is 16.1 Å². The van der Waals surface area contributed by atoms with Gasteiger partial charge in [0.25, 0.3) is 0 Å². The van der Waals surface area contributed by atoms with Crippen LogP contribution in [0.5, 0.6) is 0 Å². The molecule has 0 amide bonds. The van der Waals surface area contributed by atoms with E-state index in [-0.39, 0.29) is 5.82 Å². The van der Waals surface area contributed by atoms with Crippen LogP contribution in [0.25, 0.3) is 0 Å². The van der Waals surface area contributed by atoms with Crippen LogP contribution in [0.3, 0.4) is 0 Å². The van der Waals surface area contributed by atoms with Gasteiger partial charge >= 0.3 is 0 Å². The molecule has 0 fully saturated rings. The van der Waals surface area contributed by atoms with Crippen molar-refractivity contribution in [2.24, 2.45) is 0 Å². The molecule has 2 aromatic rings. The lowest BCUT2D eigenvalue weighted by molar-refractivity contribution is 0.575. The zero-order valence-corrected chi connectivity index (χ0v) is 9.85. The van der Waals surface area contributed by atoms with E-state index < -0.39 is 0 Å². The maximum absolute atomic E-state index is 13.2. The highest BCUT2D eigenvalue weighted by atomic mass is 32.1. The monoisotopic (exact) mass is 236 g/mol. The van der Waals surface area contributed by atoms with Gasteiger partial charge in [0.1, 0.15) is 5.82 Å². The van der Waals surface area contributed by atoms with E-state index in [1.54, 1.807) is 23.6 Å². The SMILES string of the molecule is Cc1ccsc1CNCc1ncccc1F. The smallest absolute Gasteiger partial charge is 0.146 e. The fourth-order valence-corrected chi connectivity index (χ4v) is 2.30. The summed E-state index contributed by atoms with van der Waals surface area (Å²) in [7, 11) is 0. The van der Waals surface area contributed by atoms with Crippen LogP contribution in [0.4, 0.5) is 4.39 Å². The molecule has 2 nitrogen and oxygen atoms in total. The topological polar surface area (TPSA) is 24.9 Å². The highest BCUT2D eigenvalue weighted by Gasteiger charge is 2.03. The average Bonchev–Trinajstić information content (AvgIpc) is 2.67. The largest absolute Gasteiger partial charge is 0.306 e. The summed E-state index contributed by atoms with van der Waals surface area (Å²) in [6.45, 7) is 3.30. The Kier molecular flexibility index (Phi) is 3.64. The zero-order valence-electron chi connectivity index (χ0n) is 9.03. The Morgan fingerprint density at radius 2 is 2.25 bits per heavy atom. The summed E-state index contributed by atoms with van der Waals surface area (Å²) in [6, 6.07) is 5.12. The molecule has 2 rings (SSSR count). The average molecular weight is 236 g/mol. The maximum atomic E-state index is 13.2. The van der Waals surface area contributed by atoms with E-state index in [9.17, 15) is 4.39 Å². The van der Waals surface area contributed by atoms with Crippen LogP contribution in [0, 0.1) is 12.7 Å². The lowest BCUT2D eigenvalue weighted by Gasteiger charge is -2.04. The Morgan fingerprint density at radius 3 is 2.94 bits per heavy atom. The maximum Gasteiger partial charge on any atom is 0.146 e. The van der Waals surface area contributed by atoms with E-state index in [1.165, 1.54) is 16.5 Å². The Morgan fingerprint density at radius 1 is 1.38 bits per heavy atom. The first-order chi connectivity index (χ1) is 7.77. The number of rotatable bonds is 4. The first kappa shape index (κ1) is 11.2. The second-order valence-electron chi connectivity index (χ2n) is 3.56. The van der Waals surface area contributed by atoms with E-state index in [1.807, 2.05) is 0 Å². The first-order valence-electron chi connectivity index (χ1n) is 5.10. The van der Waals surface area contributed by atoms with E-state index >= 15 is 0 Å². The molecule has 0 radical (unpaired) electrons. The summed E-state index contributed by atoms with van der Waals surface area (Å²) in [4.78, 5) is 5.27. The standard InChI is InChI=1S/C12H13FN2S/c1-9-4-6-16-12(9)8-14-7-11-10(13)3-2-5-15-11/h2-6,14H,7-8H2,1H3. The summed E-state index contributed by atoms with van der Waals surface area (Å²) >= 11 is 1.71. The van der Waals surface area contributed by atoms with Crippen molar-refractivity contribution >= 4 is 11.3 Å². The van der Waals surface area contributed by atoms with Crippen molar-refractivity contribution < 1.29 is 4.39 Å². The molecule has 2 aromatic heterocycles. The predicted octanol–water partition coefficient (Wildman–Crippen LogP) is 2.88. The quantitative estimate of drug-likeness (QED) is 0.883. The van der Waals surface area contributed by atoms with Crippen molar-refractivity contribution in [3.8, 4) is 0 Å². The number of hydrogen-bond acceptors (Lipinski definition) is 3. The third kappa shape index (κ3) is 2.65. The molecule has 4 heteroatoms. The van der Waals surface area contributed by atoms with Gasteiger partial charge in [0, 0.05) is 24.2 Å². The van der Waals surface area contributed by atoms with Gasteiger partial charge < -0.3 is 5.32 Å². The van der Waals surface area contributed by atoms with Crippen molar-refractivity contribution in [3.05, 3.63) is 51.7 Å². The van der Waals surface area contributed by atoms with Crippen LogP contribution in [0.15, 0.2) is 29.8 Å². The molecule has 0 atom stereocenters. The summed E-state index contributed by atoms with van der Waals surface area (Å²) in [5, 5.41) is 5.26. The minimum absolute atomic E-state index is 0.252. The molecule has 0 saturated carbocycles. The number of pyridine rings is 1. The number of aromatic nitrogens is 1. The van der Waals surface area contributed by atoms with Gasteiger partial charge in [-0.15, -0.1) is 11.3 Å². The Bertz CT molecular complexity index is 468. The molecule has 0 aliphatic heterocycles. The van der Waals surface area contributed by atoms with Crippen LogP contribution in [0.2, 0.25) is 0 Å². The molecule has 0 aliphatic rings. The van der Waals surface area contributed by atoms with Crippen molar-refractivity contribution in [1.82, 2.24) is 10.3 Å². The van der Waals surface area contributed by atoms with Crippen LogP contribution < -0.4 is 5.32 Å². The summed E-state index contributed by atoms with van der Waals surface area (Å²) in [5.74, 6) is -0.252. The van der Waals surface area contributed by atoms with Gasteiger partial charge in [0.2, 0.25) is 0 Å². The van der Waals surface area contributed by atoms with E-state index in [4.69, 9.17) is 0 Å². The second kappa shape index (κ2) is 5.18. The molecule has 0 saturated heterocycles. The van der Waals surface area contributed by atoms with Crippen molar-refractivity contribution in [3.63, 3.8) is 0 Å². The molecule has 16 heavy (non-hydrogen) atoms. The minimum Gasteiger partial charge on any atom is -0.306 e. The fourth-order valence-electron chi connectivity index (χ4n) is 1.43. The molecule has 0 spiro atoms. The van der Waals surface area contributed by atoms with Crippen LogP contribution >= 0.6 is 11.3 Å². The number of nitrogens with one attached hydrogen (secondary N) is 1. The Hall–Kier alpha value is -1.26. The molecule has 2 heterocycles. The van der Waals surface area contributed by atoms with Crippen LogP contribution in [-0.2, 0) is 13.1 Å². The van der Waals surface area contributed by atoms with Crippen molar-refractivity contribution in [2.75, 3.05) is 0 Å². The molecular weight excluding hydrogens is 223 g/mol. The molecule has 1 N–H and O–H groups in total. The van der Waals surface area contributed by atoms with Crippen molar-refractivity contribution in [2.45, 2.75) is 20.0 Å². The van der Waals surface area contributed by atoms with Gasteiger partial charge in [0.15, 0.2) is 0 Å². The van der Waals surface area contributed by atoms with Crippen molar-refractivity contribution in [1.29, 1.82) is 0 Å². The number of nitrogens with zero attached hydrogens (tertiary/aromatic N) is 1. The zero-order chi connectivity index (χ0) is 11.4. The second-order valence-corrected chi connectivity index (χ2v) is 4.56. The Labute approximate surface area is 98.2 Å². The van der Waals surface area contributed by atoms with Gasteiger partial charge in [-0.1, -0.05) is 0 Å². The summed E-state index contributed by atoms with van der Waals surface area (Å²) < 4.78 is 13.2. The fraction of sp³-hybridized carbons (Fsp3) is 0.250. The molecule has 0 unspecified atom stereocenters. The highest BCUT2D eigenvalue weighted by Crippen LogP contribution is 2.15. The predicted molar refractivity (Wildman–Crippen MR) is 63.8 cm³/mol. The third-order valence-electron chi connectivity index (χ3n) is 2.38. The van der Waals surface area contributed by atoms with E-state index in [2.05, 4.69) is 28.7 Å².